The van der Waals surface area contributed by atoms with Gasteiger partial charge in [0, 0.05) is 6.20 Å². The zero-order valence-electron chi connectivity index (χ0n) is 19.0. The number of unbranched alkanes of at least 4 members (excludes halogenated alkanes) is 4. The molecule has 2 rings (SSSR count). The van der Waals surface area contributed by atoms with Gasteiger partial charge in [0.25, 0.3) is 5.56 Å². The number of H-pyrrole nitrogens is 1. The number of aromatic amines is 1. The first-order valence-electron chi connectivity index (χ1n) is 11.1. The molecule has 1 fully saturated rings. The number of nitrogens with one attached hydrogen (secondary N) is 1. The third kappa shape index (κ3) is 5.07. The number of rotatable bonds is 12. The van der Waals surface area contributed by atoms with Crippen molar-refractivity contribution < 1.29 is 44.3 Å². The van der Waals surface area contributed by atoms with Crippen LogP contribution in [0.1, 0.15) is 62.7 Å². The highest BCUT2D eigenvalue weighted by molar-refractivity contribution is 5.88. The van der Waals surface area contributed by atoms with Crippen LogP contribution in [0.3, 0.4) is 0 Å². The Balaban J connectivity index is 2.50. The maximum atomic E-state index is 14.9. The number of hydrogen-bond acceptors (Lipinski definition) is 11. The predicted octanol–water partition coefficient (Wildman–Crippen LogP) is -0.896. The summed E-state index contributed by atoms with van der Waals surface area (Å²) in [6.45, 7) is 2.29. The van der Waals surface area contributed by atoms with Crippen LogP contribution in [0.5, 0.6) is 0 Å². The van der Waals surface area contributed by atoms with Crippen LogP contribution in [0.15, 0.2) is 15.8 Å². The summed E-state index contributed by atoms with van der Waals surface area (Å²) in [5, 5.41) is 52.5. The molecule has 0 bridgehead atoms. The van der Waals surface area contributed by atoms with Crippen LogP contribution in [-0.2, 0) is 15.4 Å². The Morgan fingerprint density at radius 3 is 2.53 bits per heavy atom. The van der Waals surface area contributed by atoms with Gasteiger partial charge >= 0.3 is 17.6 Å². The Morgan fingerprint density at radius 1 is 1.29 bits per heavy atom. The number of aliphatic hydroxyl groups excluding tert-OH is 2. The fraction of sp³-hybridized carbons (Fsp3) is 0.750. The molecular formula is C20H32FN3O10. The number of alkyl halides is 1. The van der Waals surface area contributed by atoms with Crippen molar-refractivity contribution in [3.8, 4) is 0 Å². The predicted molar refractivity (Wildman–Crippen MR) is 112 cm³/mol. The van der Waals surface area contributed by atoms with E-state index in [2.05, 4.69) is 0 Å². The van der Waals surface area contributed by atoms with Crippen LogP contribution in [0.4, 0.5) is 4.39 Å². The molecule has 0 amide bonds. The quantitative estimate of drug-likeness (QED) is 0.0694. The number of esters is 1. The molecule has 1 unspecified atom stereocenters. The summed E-state index contributed by atoms with van der Waals surface area (Å²) in [6.07, 6.45) is -2.72. The van der Waals surface area contributed by atoms with E-state index >= 15 is 0 Å². The first-order chi connectivity index (χ1) is 16.0. The SMILES string of the molecule is CCCCCCCC(F)N(O)[C@@]1(O)[C@H](O)[C@@H](CO)O[C@]1(O)n1cc(C(=O)OCC)c(=O)[nH]c1=O. The molecule has 1 aromatic heterocycles. The van der Waals surface area contributed by atoms with Gasteiger partial charge in [0.15, 0.2) is 6.30 Å². The number of aliphatic hydroxyl groups is 4. The minimum absolute atomic E-state index is 0.0940. The minimum Gasteiger partial charge on any atom is -0.462 e. The maximum absolute atomic E-state index is 14.9. The Labute approximate surface area is 193 Å². The fourth-order valence-electron chi connectivity index (χ4n) is 3.77. The summed E-state index contributed by atoms with van der Waals surface area (Å²) in [5.41, 5.74) is -6.87. The standard InChI is InChI=1S/C20H32FN3O10/c1-3-5-6-7-8-9-14(21)24(32)19(30)15(26)13(11-25)34-20(19,31)23-10-12(17(28)33-4-2)16(27)22-18(23)29/h10,13-15,25-26,30-32H,3-9,11H2,1-2H3,(H,22,27,29)/t13-,14?,15-,19-,20+/m1/s1. The minimum atomic E-state index is -3.45. The lowest BCUT2D eigenvalue weighted by Gasteiger charge is -2.43. The Kier molecular flexibility index (Phi) is 9.47. The summed E-state index contributed by atoms with van der Waals surface area (Å²) >= 11 is 0. The third-order valence-corrected chi connectivity index (χ3v) is 5.66. The second-order valence-electron chi connectivity index (χ2n) is 7.99. The maximum Gasteiger partial charge on any atom is 0.345 e. The molecular weight excluding hydrogens is 461 g/mol. The number of hydroxylamine groups is 2. The van der Waals surface area contributed by atoms with Crippen molar-refractivity contribution in [2.75, 3.05) is 13.2 Å². The van der Waals surface area contributed by atoms with Gasteiger partial charge in [0.1, 0.15) is 17.8 Å². The van der Waals surface area contributed by atoms with E-state index in [4.69, 9.17) is 9.47 Å². The summed E-state index contributed by atoms with van der Waals surface area (Å²) in [5.74, 6) is -4.65. The Hall–Kier alpha value is -2.20. The summed E-state index contributed by atoms with van der Waals surface area (Å²) in [4.78, 5) is 38.3. The van der Waals surface area contributed by atoms with Crippen molar-refractivity contribution in [3.63, 3.8) is 0 Å². The Morgan fingerprint density at radius 2 is 1.94 bits per heavy atom. The molecule has 1 saturated heterocycles. The van der Waals surface area contributed by atoms with Gasteiger partial charge in [-0.25, -0.2) is 18.5 Å². The number of carbonyl (C=O) groups excluding carboxylic acids is 1. The lowest BCUT2D eigenvalue weighted by molar-refractivity contribution is -0.428. The molecule has 1 aliphatic rings. The van der Waals surface area contributed by atoms with Gasteiger partial charge in [-0.05, 0) is 19.8 Å². The number of carbonyl (C=O) groups is 1. The smallest absolute Gasteiger partial charge is 0.345 e. The van der Waals surface area contributed by atoms with Crippen molar-refractivity contribution in [3.05, 3.63) is 32.6 Å². The molecule has 0 saturated carbocycles. The average Bonchev–Trinajstić information content (AvgIpc) is 3.00. The molecule has 6 N–H and O–H groups in total. The normalized spacial score (nSPS) is 27.8. The van der Waals surface area contributed by atoms with Gasteiger partial charge in [-0.2, -0.15) is 0 Å². The number of nitrogens with zero attached hydrogens (tertiary/aromatic N) is 2. The summed E-state index contributed by atoms with van der Waals surface area (Å²) < 4.78 is 24.8. The van der Waals surface area contributed by atoms with Crippen molar-refractivity contribution in [2.24, 2.45) is 0 Å². The number of halogens is 1. The molecule has 0 aliphatic carbocycles. The molecule has 1 aromatic rings. The number of aromatic nitrogens is 2. The first kappa shape index (κ1) is 28.0. The molecule has 5 atom stereocenters. The third-order valence-electron chi connectivity index (χ3n) is 5.66. The van der Waals surface area contributed by atoms with Crippen LogP contribution >= 0.6 is 0 Å². The Bertz CT molecular complexity index is 955. The van der Waals surface area contributed by atoms with Gasteiger partial charge in [-0.1, -0.05) is 32.6 Å². The van der Waals surface area contributed by atoms with Crippen molar-refractivity contribution in [1.29, 1.82) is 0 Å². The average molecular weight is 493 g/mol. The van der Waals surface area contributed by atoms with Crippen molar-refractivity contribution in [2.45, 2.75) is 82.5 Å². The lowest BCUT2D eigenvalue weighted by atomic mass is 9.99. The highest BCUT2D eigenvalue weighted by Crippen LogP contribution is 2.44. The van der Waals surface area contributed by atoms with Crippen LogP contribution < -0.4 is 11.2 Å². The van der Waals surface area contributed by atoms with E-state index in [1.54, 1.807) is 4.98 Å². The van der Waals surface area contributed by atoms with Gasteiger partial charge in [-0.3, -0.25) is 9.78 Å². The van der Waals surface area contributed by atoms with Gasteiger partial charge in [-0.15, -0.1) is 5.06 Å². The molecule has 0 aromatic carbocycles. The fourth-order valence-corrected chi connectivity index (χ4v) is 3.77. The largest absolute Gasteiger partial charge is 0.462 e. The zero-order chi connectivity index (χ0) is 25.7. The molecule has 0 spiro atoms. The summed E-state index contributed by atoms with van der Waals surface area (Å²) in [6, 6.07) is 0. The van der Waals surface area contributed by atoms with E-state index in [1.807, 2.05) is 6.92 Å². The second kappa shape index (κ2) is 11.5. The number of hydrogen-bond donors (Lipinski definition) is 6. The molecule has 14 heteroatoms. The molecule has 34 heavy (non-hydrogen) atoms. The molecule has 13 nitrogen and oxygen atoms in total. The van der Waals surface area contributed by atoms with Crippen LogP contribution in [-0.4, -0.2) is 83.7 Å². The van der Waals surface area contributed by atoms with Crippen LogP contribution in [0, 0.1) is 0 Å². The monoisotopic (exact) mass is 493 g/mol. The second-order valence-corrected chi connectivity index (χ2v) is 7.99. The highest BCUT2D eigenvalue weighted by Gasteiger charge is 2.71. The van der Waals surface area contributed by atoms with E-state index in [0.29, 0.717) is 19.0 Å². The summed E-state index contributed by atoms with van der Waals surface area (Å²) in [7, 11) is 0. The van der Waals surface area contributed by atoms with Crippen LogP contribution in [0.2, 0.25) is 0 Å². The van der Waals surface area contributed by atoms with Crippen molar-refractivity contribution >= 4 is 5.97 Å². The van der Waals surface area contributed by atoms with Crippen molar-refractivity contribution in [1.82, 2.24) is 14.6 Å². The zero-order valence-corrected chi connectivity index (χ0v) is 19.0. The van der Waals surface area contributed by atoms with E-state index < -0.39 is 64.6 Å². The first-order valence-corrected chi connectivity index (χ1v) is 11.1. The molecule has 2 heterocycles. The van der Waals surface area contributed by atoms with E-state index in [-0.39, 0.29) is 17.6 Å². The van der Waals surface area contributed by atoms with Gasteiger partial charge < -0.3 is 35.1 Å². The molecule has 194 valence electrons. The lowest BCUT2D eigenvalue weighted by Crippen LogP contribution is -2.70. The van der Waals surface area contributed by atoms with E-state index in [1.165, 1.54) is 6.92 Å². The number of ether oxygens (including phenoxy) is 2. The van der Waals surface area contributed by atoms with Crippen LogP contribution in [0.25, 0.3) is 0 Å². The van der Waals surface area contributed by atoms with E-state index in [9.17, 15) is 44.4 Å². The van der Waals surface area contributed by atoms with Gasteiger partial charge in [0.2, 0.25) is 5.72 Å². The van der Waals surface area contributed by atoms with E-state index in [0.717, 1.165) is 19.3 Å². The molecule has 1 aliphatic heterocycles. The highest BCUT2D eigenvalue weighted by atomic mass is 19.1. The van der Waals surface area contributed by atoms with Gasteiger partial charge in [0.05, 0.1) is 13.2 Å². The molecule has 0 radical (unpaired) electrons. The topological polar surface area (TPSA) is 195 Å².